The van der Waals surface area contributed by atoms with Crippen LogP contribution in [0, 0.1) is 0 Å². The molecular formula is C48H38N10O4S. The first-order chi connectivity index (χ1) is 30.8. The monoisotopic (exact) mass is 850 g/mol. The predicted octanol–water partition coefficient (Wildman–Crippen LogP) is 7.76. The highest BCUT2D eigenvalue weighted by atomic mass is 32.1. The number of para-hydroxylation sites is 3. The highest BCUT2D eigenvalue weighted by Gasteiger charge is 2.30. The smallest absolute Gasteiger partial charge is 0.298 e. The van der Waals surface area contributed by atoms with Gasteiger partial charge in [-0.2, -0.15) is 19.6 Å². The second-order valence-corrected chi connectivity index (χ2v) is 15.8. The van der Waals surface area contributed by atoms with E-state index in [1.54, 1.807) is 45.9 Å². The first-order valence-corrected chi connectivity index (χ1v) is 21.3. The van der Waals surface area contributed by atoms with Gasteiger partial charge in [0.25, 0.3) is 22.9 Å². The highest BCUT2D eigenvalue weighted by molar-refractivity contribution is 7.12. The van der Waals surface area contributed by atoms with Crippen LogP contribution in [0.25, 0.3) is 54.4 Å². The summed E-state index contributed by atoms with van der Waals surface area (Å²) in [6.07, 6.45) is 4.75. The minimum Gasteiger partial charge on any atom is -0.339 e. The van der Waals surface area contributed by atoms with Gasteiger partial charge in [-0.05, 0) is 67.9 Å². The Morgan fingerprint density at radius 3 is 1.81 bits per heavy atom. The largest absolute Gasteiger partial charge is 0.339 e. The van der Waals surface area contributed by atoms with Crippen molar-refractivity contribution in [3.63, 3.8) is 0 Å². The summed E-state index contributed by atoms with van der Waals surface area (Å²) in [4.78, 5) is 70.0. The Hall–Kier alpha value is -8.04. The topological polar surface area (TPSA) is 146 Å². The Morgan fingerprint density at radius 1 is 0.619 bits per heavy atom. The second-order valence-electron chi connectivity index (χ2n) is 14.9. The van der Waals surface area contributed by atoms with Gasteiger partial charge in [0.15, 0.2) is 11.4 Å². The minimum atomic E-state index is -0.407. The van der Waals surface area contributed by atoms with Crippen LogP contribution in [-0.4, -0.2) is 63.6 Å². The fourth-order valence-electron chi connectivity index (χ4n) is 8.53. The summed E-state index contributed by atoms with van der Waals surface area (Å²) in [6.45, 7) is 4.75. The molecule has 0 radical (unpaired) electrons. The molecule has 0 aliphatic heterocycles. The standard InChI is InChI=1S/C48H38N10O4S/c1-4-54(31-13-7-6-8-14-31)45(60)41-39-35-16-10-12-18-37(35)56(43(39)47(62)58(52-41)48-50-27-28-63-48)29-30-19-21-32(22-20-30)55(5-2)44(59)40-38-34-15-9-11-17-36(34)53(3)42(38)46(61)57(51-40)33-23-25-49-26-24-33/h6-28H,4-5,29H2,1-3H3. The molecule has 0 atom stereocenters. The molecule has 2 amide bonds. The zero-order chi connectivity index (χ0) is 43.4. The molecule has 0 unspecified atom stereocenters. The minimum absolute atomic E-state index is 0.136. The molecule has 0 saturated carbocycles. The third-order valence-electron chi connectivity index (χ3n) is 11.4. The van der Waals surface area contributed by atoms with Gasteiger partial charge in [-0.15, -0.1) is 11.3 Å². The second kappa shape index (κ2) is 15.8. The van der Waals surface area contributed by atoms with Crippen molar-refractivity contribution in [2.45, 2.75) is 20.4 Å². The lowest BCUT2D eigenvalue weighted by Crippen LogP contribution is -2.34. The predicted molar refractivity (Wildman–Crippen MR) is 247 cm³/mol. The molecule has 0 saturated heterocycles. The first-order valence-electron chi connectivity index (χ1n) is 20.4. The Balaban J connectivity index is 1.08. The van der Waals surface area contributed by atoms with Crippen molar-refractivity contribution in [2.24, 2.45) is 7.05 Å². The molecule has 0 aliphatic carbocycles. The number of carbonyl (C=O) groups is 2. The third-order valence-corrected chi connectivity index (χ3v) is 12.2. The molecule has 15 heteroatoms. The summed E-state index contributed by atoms with van der Waals surface area (Å²) in [5, 5.41) is 14.0. The van der Waals surface area contributed by atoms with Crippen molar-refractivity contribution in [1.29, 1.82) is 0 Å². The van der Waals surface area contributed by atoms with E-state index in [4.69, 9.17) is 10.2 Å². The molecule has 4 aromatic carbocycles. The van der Waals surface area contributed by atoms with E-state index in [1.165, 1.54) is 20.7 Å². The summed E-state index contributed by atoms with van der Waals surface area (Å²) in [5.41, 5.74) is 4.40. The quantitative estimate of drug-likeness (QED) is 0.136. The maximum atomic E-state index is 14.8. The molecule has 310 valence electrons. The molecule has 6 heterocycles. The molecular weight excluding hydrogens is 813 g/mol. The molecule has 0 aliphatic rings. The number of thiazole rings is 1. The number of aryl methyl sites for hydroxylation is 1. The van der Waals surface area contributed by atoms with Crippen LogP contribution >= 0.6 is 11.3 Å². The first kappa shape index (κ1) is 39.1. The average molecular weight is 851 g/mol. The average Bonchev–Trinajstić information content (AvgIpc) is 4.05. The Morgan fingerprint density at radius 2 is 1.17 bits per heavy atom. The van der Waals surface area contributed by atoms with Crippen molar-refractivity contribution >= 4 is 78.1 Å². The van der Waals surface area contributed by atoms with Crippen molar-refractivity contribution in [1.82, 2.24) is 38.7 Å². The Labute approximate surface area is 363 Å². The highest BCUT2D eigenvalue weighted by Crippen LogP contribution is 2.33. The molecule has 0 bridgehead atoms. The number of fused-ring (bicyclic) bond motifs is 6. The lowest BCUT2D eigenvalue weighted by Gasteiger charge is -2.22. The van der Waals surface area contributed by atoms with Crippen LogP contribution in [0.2, 0.25) is 0 Å². The van der Waals surface area contributed by atoms with Crippen LogP contribution in [0.4, 0.5) is 11.4 Å². The van der Waals surface area contributed by atoms with Gasteiger partial charge in [-0.1, -0.05) is 66.7 Å². The van der Waals surface area contributed by atoms with Gasteiger partial charge in [-0.25, -0.2) is 4.98 Å². The van der Waals surface area contributed by atoms with E-state index in [0.717, 1.165) is 27.4 Å². The molecule has 63 heavy (non-hydrogen) atoms. The summed E-state index contributed by atoms with van der Waals surface area (Å²) in [5.74, 6) is -0.720. The lowest BCUT2D eigenvalue weighted by molar-refractivity contribution is 0.0976. The van der Waals surface area contributed by atoms with E-state index in [9.17, 15) is 19.2 Å². The Bertz CT molecular complexity index is 3500. The summed E-state index contributed by atoms with van der Waals surface area (Å²) < 4.78 is 6.22. The van der Waals surface area contributed by atoms with Crippen LogP contribution in [0.3, 0.4) is 0 Å². The number of anilines is 2. The number of pyridine rings is 1. The summed E-state index contributed by atoms with van der Waals surface area (Å²) in [7, 11) is 1.82. The third kappa shape index (κ3) is 6.39. The number of carbonyl (C=O) groups excluding carboxylic acids is 2. The van der Waals surface area contributed by atoms with E-state index in [1.807, 2.05) is 133 Å². The van der Waals surface area contributed by atoms with Gasteiger partial charge in [0.2, 0.25) is 5.13 Å². The van der Waals surface area contributed by atoms with Crippen molar-refractivity contribution < 1.29 is 9.59 Å². The maximum absolute atomic E-state index is 14.8. The van der Waals surface area contributed by atoms with Gasteiger partial charge in [0.1, 0.15) is 11.0 Å². The number of benzene rings is 4. The van der Waals surface area contributed by atoms with Crippen LogP contribution in [0.5, 0.6) is 0 Å². The number of nitrogens with zero attached hydrogens (tertiary/aromatic N) is 10. The molecule has 0 spiro atoms. The number of aromatic nitrogens is 8. The van der Waals surface area contributed by atoms with E-state index in [0.29, 0.717) is 57.1 Å². The zero-order valence-corrected chi connectivity index (χ0v) is 35.2. The number of amides is 2. The molecule has 6 aromatic heterocycles. The van der Waals surface area contributed by atoms with Crippen LogP contribution in [0.1, 0.15) is 40.4 Å². The van der Waals surface area contributed by atoms with Crippen molar-refractivity contribution in [3.8, 4) is 10.8 Å². The van der Waals surface area contributed by atoms with Gasteiger partial charge in [0, 0.05) is 94.6 Å². The fraction of sp³-hybridized carbons (Fsp3) is 0.125. The SMILES string of the molecule is CCN(C(=O)c1nn(-c2ccncc2)c(=O)c2c1c1ccccc1n2C)c1ccc(Cn2c3ccccc3c3c(C(=O)N(CC)c4ccccc4)nn(-c4nccs4)c(=O)c32)cc1. The Kier molecular flexibility index (Phi) is 9.79. The van der Waals surface area contributed by atoms with Gasteiger partial charge in [0.05, 0.1) is 5.69 Å². The van der Waals surface area contributed by atoms with Gasteiger partial charge >= 0.3 is 0 Å². The maximum Gasteiger partial charge on any atom is 0.298 e. The van der Waals surface area contributed by atoms with Crippen LogP contribution < -0.4 is 20.9 Å². The van der Waals surface area contributed by atoms with E-state index < -0.39 is 5.56 Å². The number of rotatable bonds is 10. The van der Waals surface area contributed by atoms with Crippen molar-refractivity contribution in [3.05, 3.63) is 177 Å². The number of hydrogen-bond donors (Lipinski definition) is 0. The summed E-state index contributed by atoms with van der Waals surface area (Å²) >= 11 is 1.25. The molecule has 10 aromatic rings. The van der Waals surface area contributed by atoms with Crippen molar-refractivity contribution in [2.75, 3.05) is 22.9 Å². The lowest BCUT2D eigenvalue weighted by atomic mass is 10.1. The summed E-state index contributed by atoms with van der Waals surface area (Å²) in [6, 6.07) is 35.6. The fourth-order valence-corrected chi connectivity index (χ4v) is 9.12. The molecule has 10 rings (SSSR count). The van der Waals surface area contributed by atoms with Crippen LogP contribution in [0.15, 0.2) is 149 Å². The van der Waals surface area contributed by atoms with Gasteiger partial charge < -0.3 is 18.9 Å². The normalized spacial score (nSPS) is 11.5. The van der Waals surface area contributed by atoms with Gasteiger partial charge in [-0.3, -0.25) is 24.2 Å². The number of hydrogen-bond acceptors (Lipinski definition) is 9. The van der Waals surface area contributed by atoms with Crippen LogP contribution in [-0.2, 0) is 13.6 Å². The molecule has 0 N–H and O–H groups in total. The zero-order valence-electron chi connectivity index (χ0n) is 34.4. The van der Waals surface area contributed by atoms with E-state index >= 15 is 0 Å². The van der Waals surface area contributed by atoms with E-state index in [-0.39, 0.29) is 35.3 Å². The molecule has 0 fully saturated rings. The molecule has 14 nitrogen and oxygen atoms in total. The van der Waals surface area contributed by atoms with E-state index in [2.05, 4.69) is 9.97 Å².